The molecule has 1 aliphatic rings. The van der Waals surface area contributed by atoms with Gasteiger partial charge in [-0.2, -0.15) is 4.98 Å². The first-order valence-corrected chi connectivity index (χ1v) is 10.4. The number of aromatic nitrogens is 4. The van der Waals surface area contributed by atoms with E-state index in [9.17, 15) is 14.4 Å². The minimum atomic E-state index is -0.496. The molecule has 9 nitrogen and oxygen atoms in total. The topological polar surface area (TPSA) is 110 Å². The van der Waals surface area contributed by atoms with Gasteiger partial charge in [-0.15, -0.1) is 5.10 Å². The second-order valence-electron chi connectivity index (χ2n) is 7.19. The summed E-state index contributed by atoms with van der Waals surface area (Å²) in [6.45, 7) is 5.82. The Labute approximate surface area is 182 Å². The van der Waals surface area contributed by atoms with Crippen LogP contribution in [0.3, 0.4) is 0 Å². The van der Waals surface area contributed by atoms with E-state index in [0.29, 0.717) is 10.7 Å². The highest BCUT2D eigenvalue weighted by Crippen LogP contribution is 2.31. The first kappa shape index (κ1) is 20.7. The van der Waals surface area contributed by atoms with Crippen LogP contribution < -0.4 is 5.32 Å². The fourth-order valence-electron chi connectivity index (χ4n) is 3.13. The van der Waals surface area contributed by atoms with Crippen LogP contribution in [0.15, 0.2) is 35.2 Å². The SMILES string of the molecule is Cc1ccc(/C=C2\SC(=O)N(CCNC(=O)c3nc4nc(C)cc(C)n4n3)C2=O)cc1. The Balaban J connectivity index is 1.38. The Bertz CT molecular complexity index is 1230. The molecule has 1 saturated heterocycles. The lowest BCUT2D eigenvalue weighted by atomic mass is 10.1. The lowest BCUT2D eigenvalue weighted by Gasteiger charge is -2.12. The number of thioether (sulfide) groups is 1. The largest absolute Gasteiger partial charge is 0.347 e. The molecular weight excluding hydrogens is 416 g/mol. The summed E-state index contributed by atoms with van der Waals surface area (Å²) in [5.41, 5.74) is 3.55. The molecule has 0 spiro atoms. The number of benzene rings is 1. The van der Waals surface area contributed by atoms with Crippen LogP contribution >= 0.6 is 11.8 Å². The van der Waals surface area contributed by atoms with E-state index < -0.39 is 5.91 Å². The van der Waals surface area contributed by atoms with Gasteiger partial charge in [-0.3, -0.25) is 19.3 Å². The Morgan fingerprint density at radius 1 is 1.13 bits per heavy atom. The van der Waals surface area contributed by atoms with Crippen LogP contribution in [0.2, 0.25) is 0 Å². The summed E-state index contributed by atoms with van der Waals surface area (Å²) in [6.07, 6.45) is 1.70. The van der Waals surface area contributed by atoms with Crippen LogP contribution in [-0.2, 0) is 4.79 Å². The lowest BCUT2D eigenvalue weighted by molar-refractivity contribution is -0.122. The lowest BCUT2D eigenvalue weighted by Crippen LogP contribution is -2.37. The highest BCUT2D eigenvalue weighted by atomic mass is 32.2. The fraction of sp³-hybridized carbons (Fsp3) is 0.238. The van der Waals surface area contributed by atoms with Gasteiger partial charge in [0.1, 0.15) is 0 Å². The maximum absolute atomic E-state index is 12.6. The van der Waals surface area contributed by atoms with Gasteiger partial charge in [-0.1, -0.05) is 29.8 Å². The highest BCUT2D eigenvalue weighted by Gasteiger charge is 2.34. The summed E-state index contributed by atoms with van der Waals surface area (Å²) in [7, 11) is 0. The van der Waals surface area contributed by atoms with Gasteiger partial charge < -0.3 is 5.32 Å². The van der Waals surface area contributed by atoms with E-state index in [1.54, 1.807) is 6.08 Å². The molecule has 0 bridgehead atoms. The molecule has 158 valence electrons. The summed E-state index contributed by atoms with van der Waals surface area (Å²) >= 11 is 0.891. The number of carbonyl (C=O) groups excluding carboxylic acids is 3. The van der Waals surface area contributed by atoms with Gasteiger partial charge in [-0.05, 0) is 50.2 Å². The van der Waals surface area contributed by atoms with Gasteiger partial charge in [0.05, 0.1) is 4.91 Å². The zero-order chi connectivity index (χ0) is 22.1. The van der Waals surface area contributed by atoms with Crippen LogP contribution in [0, 0.1) is 20.8 Å². The molecule has 4 rings (SSSR count). The van der Waals surface area contributed by atoms with E-state index in [0.717, 1.165) is 39.2 Å². The molecule has 3 amide bonds. The maximum atomic E-state index is 12.6. The van der Waals surface area contributed by atoms with Crippen molar-refractivity contribution in [3.63, 3.8) is 0 Å². The number of fused-ring (bicyclic) bond motifs is 1. The Kier molecular flexibility index (Phi) is 5.55. The average molecular weight is 436 g/mol. The first-order valence-electron chi connectivity index (χ1n) is 9.63. The van der Waals surface area contributed by atoms with Crippen molar-refractivity contribution < 1.29 is 14.4 Å². The monoisotopic (exact) mass is 436 g/mol. The molecular formula is C21H20N6O3S. The van der Waals surface area contributed by atoms with E-state index in [4.69, 9.17) is 0 Å². The maximum Gasteiger partial charge on any atom is 0.293 e. The molecule has 3 heterocycles. The molecule has 0 aliphatic carbocycles. The second kappa shape index (κ2) is 8.31. The van der Waals surface area contributed by atoms with Crippen LogP contribution in [0.1, 0.15) is 33.1 Å². The van der Waals surface area contributed by atoms with Gasteiger partial charge in [0.2, 0.25) is 5.82 Å². The van der Waals surface area contributed by atoms with Gasteiger partial charge in [-0.25, -0.2) is 9.50 Å². The number of nitrogens with zero attached hydrogens (tertiary/aromatic N) is 5. The van der Waals surface area contributed by atoms with Crippen LogP contribution in [0.4, 0.5) is 4.79 Å². The van der Waals surface area contributed by atoms with Crippen molar-refractivity contribution in [2.45, 2.75) is 20.8 Å². The van der Waals surface area contributed by atoms with E-state index in [-0.39, 0.29) is 30.1 Å². The van der Waals surface area contributed by atoms with Crippen LogP contribution in [-0.4, -0.2) is 54.6 Å². The third-order valence-corrected chi connectivity index (χ3v) is 5.60. The van der Waals surface area contributed by atoms with Gasteiger partial charge >= 0.3 is 0 Å². The molecule has 1 N–H and O–H groups in total. The Morgan fingerprint density at radius 2 is 1.87 bits per heavy atom. The van der Waals surface area contributed by atoms with Crippen molar-refractivity contribution in [1.82, 2.24) is 29.8 Å². The van der Waals surface area contributed by atoms with E-state index in [1.807, 2.05) is 51.1 Å². The standard InChI is InChI=1S/C21H20N6O3S/c1-12-4-6-15(7-5-12)11-16-19(29)26(21(30)31-16)9-8-22-18(28)17-24-20-23-13(2)10-14(3)27(20)25-17/h4-7,10-11H,8-9H2,1-3H3,(H,22,28)/b16-11-. The highest BCUT2D eigenvalue weighted by molar-refractivity contribution is 8.18. The third kappa shape index (κ3) is 4.33. The quantitative estimate of drug-likeness (QED) is 0.612. The molecule has 0 unspecified atom stereocenters. The molecule has 1 aromatic carbocycles. The normalized spacial score (nSPS) is 15.3. The van der Waals surface area contributed by atoms with Crippen molar-refractivity contribution in [3.8, 4) is 0 Å². The molecule has 0 atom stereocenters. The minimum absolute atomic E-state index is 0.0189. The number of hydrogen-bond acceptors (Lipinski definition) is 7. The predicted molar refractivity (Wildman–Crippen MR) is 116 cm³/mol. The molecule has 31 heavy (non-hydrogen) atoms. The van der Waals surface area contributed by atoms with Crippen molar-refractivity contribution >= 4 is 40.7 Å². The van der Waals surface area contributed by atoms with Gasteiger partial charge in [0, 0.05) is 24.5 Å². The molecule has 0 saturated carbocycles. The smallest absolute Gasteiger partial charge is 0.293 e. The zero-order valence-electron chi connectivity index (χ0n) is 17.2. The summed E-state index contributed by atoms with van der Waals surface area (Å²) in [4.78, 5) is 47.1. The van der Waals surface area contributed by atoms with Gasteiger partial charge in [0.15, 0.2) is 0 Å². The molecule has 3 aromatic rings. The van der Waals surface area contributed by atoms with Crippen LogP contribution in [0.5, 0.6) is 0 Å². The summed E-state index contributed by atoms with van der Waals surface area (Å²) in [5, 5.41) is 6.46. The van der Waals surface area contributed by atoms with Crippen molar-refractivity contribution in [3.05, 3.63) is 63.6 Å². The summed E-state index contributed by atoms with van der Waals surface area (Å²) in [6, 6.07) is 9.51. The minimum Gasteiger partial charge on any atom is -0.347 e. The summed E-state index contributed by atoms with van der Waals surface area (Å²) < 4.78 is 1.49. The Hall–Kier alpha value is -3.53. The van der Waals surface area contributed by atoms with Crippen molar-refractivity contribution in [1.29, 1.82) is 0 Å². The van der Waals surface area contributed by atoms with E-state index in [2.05, 4.69) is 20.4 Å². The predicted octanol–water partition coefficient (Wildman–Crippen LogP) is 2.52. The molecule has 1 fully saturated rings. The Morgan fingerprint density at radius 3 is 2.61 bits per heavy atom. The van der Waals surface area contributed by atoms with Gasteiger partial charge in [0.25, 0.3) is 22.8 Å². The van der Waals surface area contributed by atoms with E-state index in [1.165, 1.54) is 4.52 Å². The average Bonchev–Trinajstić information content (AvgIpc) is 3.26. The van der Waals surface area contributed by atoms with Crippen molar-refractivity contribution in [2.75, 3.05) is 13.1 Å². The molecule has 10 heteroatoms. The number of nitrogens with one attached hydrogen (secondary N) is 1. The number of aryl methyl sites for hydroxylation is 3. The number of imide groups is 1. The van der Waals surface area contributed by atoms with E-state index >= 15 is 0 Å². The zero-order valence-corrected chi connectivity index (χ0v) is 18.1. The third-order valence-electron chi connectivity index (χ3n) is 4.69. The molecule has 0 radical (unpaired) electrons. The molecule has 2 aromatic heterocycles. The number of hydrogen-bond donors (Lipinski definition) is 1. The first-order chi connectivity index (χ1) is 14.8. The number of rotatable bonds is 5. The fourth-order valence-corrected chi connectivity index (χ4v) is 3.99. The number of amides is 3. The van der Waals surface area contributed by atoms with Crippen molar-refractivity contribution in [2.24, 2.45) is 0 Å². The second-order valence-corrected chi connectivity index (χ2v) is 8.18. The van der Waals surface area contributed by atoms with Crippen LogP contribution in [0.25, 0.3) is 11.9 Å². The molecule has 1 aliphatic heterocycles. The number of carbonyl (C=O) groups is 3. The summed E-state index contributed by atoms with van der Waals surface area (Å²) in [5.74, 6) is -0.542.